The van der Waals surface area contributed by atoms with Gasteiger partial charge < -0.3 is 24.6 Å². The Kier molecular flexibility index (Phi) is 7.47. The molecular formula is C26H31N3O5. The van der Waals surface area contributed by atoms with Crippen molar-refractivity contribution in [1.82, 2.24) is 15.1 Å². The van der Waals surface area contributed by atoms with Gasteiger partial charge in [-0.25, -0.2) is 0 Å². The molecule has 34 heavy (non-hydrogen) atoms. The highest BCUT2D eigenvalue weighted by atomic mass is 16.5. The number of piperidine rings is 1. The van der Waals surface area contributed by atoms with Crippen LogP contribution in [0.4, 0.5) is 0 Å². The van der Waals surface area contributed by atoms with Crippen molar-refractivity contribution in [2.75, 3.05) is 26.7 Å². The van der Waals surface area contributed by atoms with Gasteiger partial charge in [-0.05, 0) is 48.2 Å². The Morgan fingerprint density at radius 1 is 1.03 bits per heavy atom. The van der Waals surface area contributed by atoms with Crippen LogP contribution in [0, 0.1) is 0 Å². The molecule has 8 nitrogen and oxygen atoms in total. The van der Waals surface area contributed by atoms with Crippen LogP contribution in [-0.4, -0.2) is 66.3 Å². The topological polar surface area (TPSA) is 88.2 Å². The number of ether oxygens (including phenoxy) is 2. The average Bonchev–Trinajstić information content (AvgIpc) is 2.81. The van der Waals surface area contributed by atoms with E-state index in [0.717, 1.165) is 11.1 Å². The van der Waals surface area contributed by atoms with E-state index in [9.17, 15) is 14.4 Å². The molecule has 0 aromatic heterocycles. The SMILES string of the molecule is CC(=O)N1CC[C@H]2OCc3cccc(c3)Oc3cccc(c3)CCC(=O)N(C)CC(=O)N[C@H]2C1. The number of nitrogens with one attached hydrogen (secondary N) is 1. The van der Waals surface area contributed by atoms with E-state index in [1.165, 1.54) is 11.8 Å². The van der Waals surface area contributed by atoms with Gasteiger partial charge in [-0.15, -0.1) is 0 Å². The highest BCUT2D eigenvalue weighted by Crippen LogP contribution is 2.25. The fourth-order valence-electron chi connectivity index (χ4n) is 4.36. The Labute approximate surface area is 199 Å². The molecule has 1 fully saturated rings. The molecule has 0 spiro atoms. The number of likely N-dealkylation sites (tertiary alicyclic amines) is 1. The van der Waals surface area contributed by atoms with Crippen molar-refractivity contribution >= 4 is 17.7 Å². The van der Waals surface area contributed by atoms with E-state index in [4.69, 9.17) is 9.47 Å². The minimum absolute atomic E-state index is 0.0347. The molecule has 2 heterocycles. The van der Waals surface area contributed by atoms with E-state index in [0.29, 0.717) is 44.0 Å². The smallest absolute Gasteiger partial charge is 0.239 e. The summed E-state index contributed by atoms with van der Waals surface area (Å²) in [6.07, 6.45) is 1.20. The van der Waals surface area contributed by atoms with Gasteiger partial charge in [0, 0.05) is 33.5 Å². The van der Waals surface area contributed by atoms with Crippen LogP contribution in [-0.2, 0) is 32.1 Å². The number of fused-ring (bicyclic) bond motifs is 5. The number of amides is 3. The highest BCUT2D eigenvalue weighted by Gasteiger charge is 2.32. The molecule has 4 bridgehead atoms. The van der Waals surface area contributed by atoms with Crippen molar-refractivity contribution in [3.05, 3.63) is 59.7 Å². The zero-order valence-electron chi connectivity index (χ0n) is 19.7. The van der Waals surface area contributed by atoms with Crippen LogP contribution >= 0.6 is 0 Å². The van der Waals surface area contributed by atoms with Gasteiger partial charge in [-0.1, -0.05) is 24.3 Å². The molecule has 2 aromatic rings. The number of hydrogen-bond acceptors (Lipinski definition) is 5. The standard InChI is InChI=1S/C26H31N3O5/c1-18(30)29-12-11-24-23(15-29)27-25(31)16-28(2)26(32)10-9-19-5-3-7-21(13-19)34-22-8-4-6-20(14-22)17-33-24/h3-8,13-14,23-24H,9-12,15-17H2,1-2H3,(H,27,31)/t23-,24+/m0/s1. The molecular weight excluding hydrogens is 434 g/mol. The van der Waals surface area contributed by atoms with Crippen molar-refractivity contribution < 1.29 is 23.9 Å². The Balaban J connectivity index is 1.58. The molecule has 2 aromatic carbocycles. The van der Waals surface area contributed by atoms with E-state index in [1.807, 2.05) is 48.5 Å². The molecule has 0 radical (unpaired) electrons. The summed E-state index contributed by atoms with van der Waals surface area (Å²) in [5.41, 5.74) is 1.94. The Hall–Kier alpha value is -3.39. The lowest BCUT2D eigenvalue weighted by molar-refractivity contribution is -0.137. The van der Waals surface area contributed by atoms with E-state index >= 15 is 0 Å². The predicted octanol–water partition coefficient (Wildman–Crippen LogP) is 2.51. The van der Waals surface area contributed by atoms with Crippen molar-refractivity contribution in [2.24, 2.45) is 0 Å². The summed E-state index contributed by atoms with van der Waals surface area (Å²) in [5, 5.41) is 2.99. The zero-order valence-corrected chi connectivity index (χ0v) is 19.7. The summed E-state index contributed by atoms with van der Waals surface area (Å²) in [4.78, 5) is 40.5. The van der Waals surface area contributed by atoms with E-state index in [2.05, 4.69) is 5.32 Å². The number of carbonyl (C=O) groups is 3. The van der Waals surface area contributed by atoms with Crippen molar-refractivity contribution in [3.63, 3.8) is 0 Å². The molecule has 0 unspecified atom stereocenters. The van der Waals surface area contributed by atoms with E-state index < -0.39 is 0 Å². The molecule has 8 heteroatoms. The average molecular weight is 466 g/mol. The van der Waals surface area contributed by atoms with Crippen LogP contribution in [0.2, 0.25) is 0 Å². The van der Waals surface area contributed by atoms with Gasteiger partial charge in [0.2, 0.25) is 17.7 Å². The zero-order chi connectivity index (χ0) is 24.1. The number of carbonyl (C=O) groups excluding carboxylic acids is 3. The largest absolute Gasteiger partial charge is 0.457 e. The lowest BCUT2D eigenvalue weighted by Crippen LogP contribution is -2.58. The Bertz CT molecular complexity index is 1060. The van der Waals surface area contributed by atoms with Crippen molar-refractivity contribution in [2.45, 2.75) is 44.9 Å². The molecule has 2 atom stereocenters. The molecule has 4 rings (SSSR count). The third kappa shape index (κ3) is 6.14. The van der Waals surface area contributed by atoms with Crippen LogP contribution in [0.3, 0.4) is 0 Å². The predicted molar refractivity (Wildman–Crippen MR) is 126 cm³/mol. The summed E-state index contributed by atoms with van der Waals surface area (Å²) < 4.78 is 12.3. The summed E-state index contributed by atoms with van der Waals surface area (Å²) >= 11 is 0. The fourth-order valence-corrected chi connectivity index (χ4v) is 4.36. The molecule has 0 aliphatic carbocycles. The highest BCUT2D eigenvalue weighted by molar-refractivity contribution is 5.85. The Morgan fingerprint density at radius 2 is 1.74 bits per heavy atom. The monoisotopic (exact) mass is 465 g/mol. The van der Waals surface area contributed by atoms with Crippen LogP contribution < -0.4 is 10.1 Å². The maximum Gasteiger partial charge on any atom is 0.239 e. The maximum absolute atomic E-state index is 12.8. The summed E-state index contributed by atoms with van der Waals surface area (Å²) in [6.45, 7) is 2.78. The first kappa shape index (κ1) is 23.8. The second-order valence-corrected chi connectivity index (χ2v) is 8.92. The normalized spacial score (nSPS) is 22.1. The first-order chi connectivity index (χ1) is 16.4. The summed E-state index contributed by atoms with van der Waals surface area (Å²) in [5.74, 6) is 0.989. The summed E-state index contributed by atoms with van der Waals surface area (Å²) in [6, 6.07) is 15.0. The first-order valence-electron chi connectivity index (χ1n) is 11.6. The third-order valence-corrected chi connectivity index (χ3v) is 6.27. The molecule has 1 saturated heterocycles. The van der Waals surface area contributed by atoms with Gasteiger partial charge in [-0.2, -0.15) is 0 Å². The minimum Gasteiger partial charge on any atom is -0.457 e. The van der Waals surface area contributed by atoms with E-state index in [1.54, 1.807) is 11.9 Å². The second kappa shape index (κ2) is 10.7. The number of rotatable bonds is 0. The fraction of sp³-hybridized carbons (Fsp3) is 0.423. The van der Waals surface area contributed by atoms with Gasteiger partial charge in [0.15, 0.2) is 0 Å². The van der Waals surface area contributed by atoms with Crippen LogP contribution in [0.25, 0.3) is 0 Å². The lowest BCUT2D eigenvalue weighted by Gasteiger charge is -2.38. The molecule has 0 saturated carbocycles. The third-order valence-electron chi connectivity index (χ3n) is 6.27. The van der Waals surface area contributed by atoms with Gasteiger partial charge in [0.1, 0.15) is 11.5 Å². The Morgan fingerprint density at radius 3 is 2.47 bits per heavy atom. The second-order valence-electron chi connectivity index (χ2n) is 8.92. The van der Waals surface area contributed by atoms with Gasteiger partial charge >= 0.3 is 0 Å². The van der Waals surface area contributed by atoms with Gasteiger partial charge in [-0.3, -0.25) is 14.4 Å². The molecule has 3 amide bonds. The van der Waals surface area contributed by atoms with Crippen LogP contribution in [0.15, 0.2) is 48.5 Å². The first-order valence-corrected chi connectivity index (χ1v) is 11.6. The molecule has 1 N–H and O–H groups in total. The van der Waals surface area contributed by atoms with Crippen LogP contribution in [0.1, 0.15) is 30.9 Å². The van der Waals surface area contributed by atoms with Crippen LogP contribution in [0.5, 0.6) is 11.5 Å². The number of hydrogen-bond donors (Lipinski definition) is 1. The number of benzene rings is 2. The van der Waals surface area contributed by atoms with Gasteiger partial charge in [0.05, 0.1) is 25.3 Å². The minimum atomic E-state index is -0.355. The molecule has 180 valence electrons. The lowest BCUT2D eigenvalue weighted by atomic mass is 10.0. The summed E-state index contributed by atoms with van der Waals surface area (Å²) in [7, 11) is 1.63. The van der Waals surface area contributed by atoms with E-state index in [-0.39, 0.29) is 42.8 Å². The molecule has 2 aliphatic rings. The number of nitrogens with zero attached hydrogens (tertiary/aromatic N) is 2. The molecule has 2 aliphatic heterocycles. The quantitative estimate of drug-likeness (QED) is 0.646. The van der Waals surface area contributed by atoms with Crippen molar-refractivity contribution in [3.8, 4) is 11.5 Å². The van der Waals surface area contributed by atoms with Gasteiger partial charge in [0.25, 0.3) is 0 Å². The number of aryl methyl sites for hydroxylation is 1. The van der Waals surface area contributed by atoms with Crippen molar-refractivity contribution in [1.29, 1.82) is 0 Å². The maximum atomic E-state index is 12.8. The number of likely N-dealkylation sites (N-methyl/N-ethyl adjacent to an activating group) is 1.